The van der Waals surface area contributed by atoms with E-state index in [1.54, 1.807) is 0 Å². The number of rotatable bonds is 3. The van der Waals surface area contributed by atoms with Crippen LogP contribution in [0.15, 0.2) is 0 Å². The molecule has 2 N–H and O–H groups in total. The molecule has 0 aromatic heterocycles. The first-order valence-corrected chi connectivity index (χ1v) is 6.08. The van der Waals surface area contributed by atoms with Crippen molar-refractivity contribution in [2.75, 3.05) is 26.3 Å². The summed E-state index contributed by atoms with van der Waals surface area (Å²) in [7, 11) is 0. The summed E-state index contributed by atoms with van der Waals surface area (Å²) in [5.74, 6) is 0.552. The molecular formula is C12H23NO2. The maximum Gasteiger partial charge on any atom is 0.0478 e. The van der Waals surface area contributed by atoms with Crippen molar-refractivity contribution in [2.45, 2.75) is 32.7 Å². The second kappa shape index (κ2) is 4.04. The zero-order chi connectivity index (χ0) is 11.1. The average molecular weight is 213 g/mol. The molecule has 1 aliphatic heterocycles. The largest absolute Gasteiger partial charge is 0.396 e. The number of nitrogens with zero attached hydrogens (tertiary/aromatic N) is 1. The van der Waals surface area contributed by atoms with E-state index in [2.05, 4.69) is 18.7 Å². The number of hydrogen-bond donors (Lipinski definition) is 2. The molecule has 1 saturated carbocycles. The lowest BCUT2D eigenvalue weighted by Crippen LogP contribution is -2.66. The van der Waals surface area contributed by atoms with Crippen molar-refractivity contribution < 1.29 is 10.2 Å². The van der Waals surface area contributed by atoms with Crippen molar-refractivity contribution in [2.24, 2.45) is 17.3 Å². The van der Waals surface area contributed by atoms with Gasteiger partial charge in [0.1, 0.15) is 0 Å². The molecule has 1 aliphatic carbocycles. The van der Waals surface area contributed by atoms with Gasteiger partial charge in [-0.15, -0.1) is 0 Å². The third-order valence-electron chi connectivity index (χ3n) is 4.58. The molecule has 0 spiro atoms. The first-order valence-electron chi connectivity index (χ1n) is 6.08. The minimum absolute atomic E-state index is 0.159. The minimum atomic E-state index is 0.159. The molecule has 0 aromatic rings. The van der Waals surface area contributed by atoms with Gasteiger partial charge in [0.2, 0.25) is 0 Å². The maximum absolute atomic E-state index is 9.41. The van der Waals surface area contributed by atoms with Crippen LogP contribution < -0.4 is 0 Å². The number of likely N-dealkylation sites (tertiary alicyclic amines) is 1. The van der Waals surface area contributed by atoms with E-state index in [1.165, 1.54) is 25.9 Å². The molecule has 0 radical (unpaired) electrons. The molecule has 3 nitrogen and oxygen atoms in total. The van der Waals surface area contributed by atoms with Gasteiger partial charge in [-0.1, -0.05) is 13.8 Å². The molecule has 1 heterocycles. The summed E-state index contributed by atoms with van der Waals surface area (Å²) in [6.45, 7) is 7.22. The standard InChI is InChI=1S/C12H23NO2/c1-12(2)10(8-15)9(7-14)11(12)13-5-3-4-6-13/h9-11,14-15H,3-8H2,1-2H3. The molecule has 3 atom stereocenters. The van der Waals surface area contributed by atoms with Crippen LogP contribution >= 0.6 is 0 Å². The molecule has 2 fully saturated rings. The zero-order valence-corrected chi connectivity index (χ0v) is 9.82. The zero-order valence-electron chi connectivity index (χ0n) is 9.82. The van der Waals surface area contributed by atoms with Gasteiger partial charge in [0.25, 0.3) is 0 Å². The van der Waals surface area contributed by atoms with Gasteiger partial charge < -0.3 is 10.2 Å². The van der Waals surface area contributed by atoms with Gasteiger partial charge in [-0.2, -0.15) is 0 Å². The summed E-state index contributed by atoms with van der Waals surface area (Å²) in [6.07, 6.45) is 2.57. The third-order valence-corrected chi connectivity index (χ3v) is 4.58. The molecule has 3 heteroatoms. The van der Waals surface area contributed by atoms with Crippen molar-refractivity contribution in [3.63, 3.8) is 0 Å². The van der Waals surface area contributed by atoms with Gasteiger partial charge in [-0.05, 0) is 37.3 Å². The molecule has 0 amide bonds. The van der Waals surface area contributed by atoms with Gasteiger partial charge in [-0.3, -0.25) is 4.90 Å². The van der Waals surface area contributed by atoms with Crippen molar-refractivity contribution in [1.29, 1.82) is 0 Å². The highest BCUT2D eigenvalue weighted by Gasteiger charge is 2.57. The lowest BCUT2D eigenvalue weighted by atomic mass is 9.51. The van der Waals surface area contributed by atoms with Crippen LogP contribution in [0.3, 0.4) is 0 Å². The lowest BCUT2D eigenvalue weighted by molar-refractivity contribution is -0.152. The van der Waals surface area contributed by atoms with Crippen molar-refractivity contribution in [3.05, 3.63) is 0 Å². The molecule has 2 rings (SSSR count). The number of aliphatic hydroxyl groups excluding tert-OH is 2. The molecule has 0 aromatic carbocycles. The lowest BCUT2D eigenvalue weighted by Gasteiger charge is -2.60. The summed E-state index contributed by atoms with van der Waals surface area (Å²) < 4.78 is 0. The summed E-state index contributed by atoms with van der Waals surface area (Å²) >= 11 is 0. The Bertz CT molecular complexity index is 224. The van der Waals surface area contributed by atoms with Crippen LogP contribution in [0, 0.1) is 17.3 Å². The smallest absolute Gasteiger partial charge is 0.0478 e. The Morgan fingerprint density at radius 1 is 1.13 bits per heavy atom. The summed E-state index contributed by atoms with van der Waals surface area (Å²) in [4.78, 5) is 2.51. The highest BCUT2D eigenvalue weighted by Crippen LogP contribution is 2.53. The predicted molar refractivity (Wildman–Crippen MR) is 59.5 cm³/mol. The highest BCUT2D eigenvalue weighted by molar-refractivity contribution is 5.08. The third kappa shape index (κ3) is 1.61. The van der Waals surface area contributed by atoms with Crippen LogP contribution in [-0.4, -0.2) is 47.5 Å². The van der Waals surface area contributed by atoms with E-state index in [9.17, 15) is 10.2 Å². The Morgan fingerprint density at radius 2 is 1.73 bits per heavy atom. The second-order valence-corrected chi connectivity index (χ2v) is 5.64. The van der Waals surface area contributed by atoms with Gasteiger partial charge in [-0.25, -0.2) is 0 Å². The van der Waals surface area contributed by atoms with Crippen LogP contribution in [0.5, 0.6) is 0 Å². The molecule has 3 unspecified atom stereocenters. The SMILES string of the molecule is CC1(C)C(CO)C(CO)C1N1CCCC1. The second-order valence-electron chi connectivity index (χ2n) is 5.64. The molecule has 15 heavy (non-hydrogen) atoms. The fourth-order valence-electron chi connectivity index (χ4n) is 3.78. The highest BCUT2D eigenvalue weighted by atomic mass is 16.3. The van der Waals surface area contributed by atoms with E-state index in [-0.39, 0.29) is 30.5 Å². The fourth-order valence-corrected chi connectivity index (χ4v) is 3.78. The van der Waals surface area contributed by atoms with E-state index < -0.39 is 0 Å². The molecule has 88 valence electrons. The molecule has 0 bridgehead atoms. The Kier molecular flexibility index (Phi) is 3.06. The maximum atomic E-state index is 9.41. The monoisotopic (exact) mass is 213 g/mol. The van der Waals surface area contributed by atoms with Gasteiger partial charge >= 0.3 is 0 Å². The van der Waals surface area contributed by atoms with E-state index >= 15 is 0 Å². The average Bonchev–Trinajstić information content (AvgIpc) is 2.67. The van der Waals surface area contributed by atoms with Gasteiger partial charge in [0, 0.05) is 25.2 Å². The Morgan fingerprint density at radius 3 is 2.20 bits per heavy atom. The van der Waals surface area contributed by atoms with Crippen LogP contribution in [0.2, 0.25) is 0 Å². The topological polar surface area (TPSA) is 43.7 Å². The van der Waals surface area contributed by atoms with Gasteiger partial charge in [0.05, 0.1) is 0 Å². The van der Waals surface area contributed by atoms with Crippen LogP contribution in [-0.2, 0) is 0 Å². The van der Waals surface area contributed by atoms with Crippen molar-refractivity contribution >= 4 is 0 Å². The van der Waals surface area contributed by atoms with Crippen LogP contribution in [0.4, 0.5) is 0 Å². The number of hydrogen-bond acceptors (Lipinski definition) is 3. The van der Waals surface area contributed by atoms with Gasteiger partial charge in [0.15, 0.2) is 0 Å². The molecule has 1 saturated heterocycles. The van der Waals surface area contributed by atoms with Crippen LogP contribution in [0.25, 0.3) is 0 Å². The van der Waals surface area contributed by atoms with E-state index in [4.69, 9.17) is 0 Å². The van der Waals surface area contributed by atoms with E-state index in [0.717, 1.165) is 0 Å². The Balaban J connectivity index is 2.09. The van der Waals surface area contributed by atoms with Crippen molar-refractivity contribution in [1.82, 2.24) is 4.90 Å². The van der Waals surface area contributed by atoms with Crippen molar-refractivity contribution in [3.8, 4) is 0 Å². The first kappa shape index (κ1) is 11.4. The Labute approximate surface area is 92.1 Å². The minimum Gasteiger partial charge on any atom is -0.396 e. The fraction of sp³-hybridized carbons (Fsp3) is 1.00. The first-order chi connectivity index (χ1) is 7.12. The summed E-state index contributed by atoms with van der Waals surface area (Å²) in [5.41, 5.74) is 0.159. The molecular weight excluding hydrogens is 190 g/mol. The van der Waals surface area contributed by atoms with Crippen LogP contribution in [0.1, 0.15) is 26.7 Å². The summed E-state index contributed by atoms with van der Waals surface area (Å²) in [6, 6.07) is 0.474. The quantitative estimate of drug-likeness (QED) is 0.725. The summed E-state index contributed by atoms with van der Waals surface area (Å²) in [5, 5.41) is 18.8. The Hall–Kier alpha value is -0.120. The normalized spacial score (nSPS) is 40.4. The number of aliphatic hydroxyl groups is 2. The molecule has 2 aliphatic rings. The van der Waals surface area contributed by atoms with E-state index in [1.807, 2.05) is 0 Å². The predicted octanol–water partition coefficient (Wildman–Crippen LogP) is 0.708. The van der Waals surface area contributed by atoms with E-state index in [0.29, 0.717) is 6.04 Å².